The molecule has 0 saturated carbocycles. The number of carbonyl (C=O) groups is 1. The highest BCUT2D eigenvalue weighted by atomic mass is 32.1. The first-order valence-corrected chi connectivity index (χ1v) is 5.38. The summed E-state index contributed by atoms with van der Waals surface area (Å²) in [5, 5.41) is 4.60. The highest BCUT2D eigenvalue weighted by Gasteiger charge is 2.33. The molecule has 0 spiro atoms. The maximum absolute atomic E-state index is 11.5. The van der Waals surface area contributed by atoms with Crippen molar-refractivity contribution >= 4 is 17.2 Å². The van der Waals surface area contributed by atoms with Crippen molar-refractivity contribution in [3.05, 3.63) is 16.6 Å². The fourth-order valence-electron chi connectivity index (χ4n) is 1.26. The lowest BCUT2D eigenvalue weighted by molar-refractivity contribution is -0.0978. The first-order chi connectivity index (χ1) is 6.70. The van der Waals surface area contributed by atoms with E-state index in [4.69, 9.17) is 4.74 Å². The molecule has 0 radical (unpaired) electrons. The van der Waals surface area contributed by atoms with Crippen LogP contribution >= 0.6 is 11.3 Å². The van der Waals surface area contributed by atoms with E-state index in [9.17, 15) is 4.79 Å². The van der Waals surface area contributed by atoms with Crippen LogP contribution in [-0.2, 0) is 4.74 Å². The molecule has 2 heterocycles. The van der Waals surface area contributed by atoms with Crippen LogP contribution in [0.2, 0.25) is 0 Å². The smallest absolute Gasteiger partial charge is 0.270 e. The van der Waals surface area contributed by atoms with Gasteiger partial charge in [0.1, 0.15) is 5.69 Å². The lowest BCUT2D eigenvalue weighted by Crippen LogP contribution is -2.48. The summed E-state index contributed by atoms with van der Waals surface area (Å²) in [6.07, 6.45) is 0. The second kappa shape index (κ2) is 3.67. The number of carbonyl (C=O) groups excluding carboxylic acids is 1. The van der Waals surface area contributed by atoms with Crippen LogP contribution in [0.1, 0.15) is 17.4 Å². The molecule has 4 nitrogen and oxygen atoms in total. The minimum Gasteiger partial charge on any atom is -0.380 e. The summed E-state index contributed by atoms with van der Waals surface area (Å²) >= 11 is 1.42. The molecule has 0 aromatic carbocycles. The Bertz CT molecular complexity index is 320. The van der Waals surface area contributed by atoms with Gasteiger partial charge in [0.15, 0.2) is 0 Å². The van der Waals surface area contributed by atoms with Crippen LogP contribution in [0.25, 0.3) is 0 Å². The monoisotopic (exact) mass is 212 g/mol. The number of aromatic nitrogens is 1. The summed E-state index contributed by atoms with van der Waals surface area (Å²) in [5.74, 6) is -0.0978. The number of nitrogens with zero attached hydrogens (tertiary/aromatic N) is 1. The van der Waals surface area contributed by atoms with Gasteiger partial charge >= 0.3 is 0 Å². The van der Waals surface area contributed by atoms with Crippen LogP contribution in [0.3, 0.4) is 0 Å². The standard InChI is InChI=1S/C9H12N2O2S/c1-9(4-13-5-9)3-10-8(12)7-2-14-6-11-7/h2,6H,3-5H2,1H3,(H,10,12). The van der Waals surface area contributed by atoms with Gasteiger partial charge in [-0.05, 0) is 0 Å². The van der Waals surface area contributed by atoms with Gasteiger partial charge in [0.05, 0.1) is 18.7 Å². The average molecular weight is 212 g/mol. The van der Waals surface area contributed by atoms with Gasteiger partial charge in [-0.3, -0.25) is 4.79 Å². The third-order valence-electron chi connectivity index (χ3n) is 2.24. The molecule has 5 heteroatoms. The molecule has 0 atom stereocenters. The Morgan fingerprint density at radius 1 is 1.79 bits per heavy atom. The van der Waals surface area contributed by atoms with E-state index in [1.165, 1.54) is 11.3 Å². The third-order valence-corrected chi connectivity index (χ3v) is 2.83. The van der Waals surface area contributed by atoms with Gasteiger partial charge in [-0.25, -0.2) is 4.98 Å². The number of thiazole rings is 1. The van der Waals surface area contributed by atoms with Gasteiger partial charge in [-0.15, -0.1) is 11.3 Å². The third kappa shape index (κ3) is 1.93. The maximum Gasteiger partial charge on any atom is 0.270 e. The van der Waals surface area contributed by atoms with Crippen molar-refractivity contribution in [2.45, 2.75) is 6.92 Å². The van der Waals surface area contributed by atoms with Crippen LogP contribution < -0.4 is 5.32 Å². The normalized spacial score (nSPS) is 18.6. The molecule has 1 N–H and O–H groups in total. The topological polar surface area (TPSA) is 51.2 Å². The van der Waals surface area contributed by atoms with E-state index in [0.29, 0.717) is 12.2 Å². The molecule has 1 aliphatic heterocycles. The Morgan fingerprint density at radius 2 is 2.57 bits per heavy atom. The SMILES string of the molecule is CC1(CNC(=O)c2cscn2)COC1. The van der Waals surface area contributed by atoms with E-state index < -0.39 is 0 Å². The van der Waals surface area contributed by atoms with Gasteiger partial charge in [-0.2, -0.15) is 0 Å². The number of ether oxygens (including phenoxy) is 1. The Hall–Kier alpha value is -0.940. The molecule has 1 aromatic heterocycles. The van der Waals surface area contributed by atoms with Crippen molar-refractivity contribution in [2.24, 2.45) is 5.41 Å². The number of hydrogen-bond donors (Lipinski definition) is 1. The van der Waals surface area contributed by atoms with E-state index in [1.807, 2.05) is 0 Å². The molecule has 1 fully saturated rings. The predicted molar refractivity (Wildman–Crippen MR) is 53.4 cm³/mol. The minimum absolute atomic E-state index is 0.0978. The zero-order valence-corrected chi connectivity index (χ0v) is 8.76. The molecule has 1 saturated heterocycles. The second-order valence-corrected chi connectivity index (χ2v) is 4.58. The van der Waals surface area contributed by atoms with E-state index in [0.717, 1.165) is 13.2 Å². The molecule has 0 unspecified atom stereocenters. The number of rotatable bonds is 3. The fraction of sp³-hybridized carbons (Fsp3) is 0.556. The summed E-state index contributed by atoms with van der Waals surface area (Å²) < 4.78 is 5.10. The van der Waals surface area contributed by atoms with Crippen LogP contribution in [-0.4, -0.2) is 30.6 Å². The lowest BCUT2D eigenvalue weighted by Gasteiger charge is -2.37. The molecule has 1 amide bonds. The summed E-state index contributed by atoms with van der Waals surface area (Å²) in [7, 11) is 0. The summed E-state index contributed by atoms with van der Waals surface area (Å²) in [6, 6.07) is 0. The molecule has 1 aliphatic rings. The molecule has 0 bridgehead atoms. The second-order valence-electron chi connectivity index (χ2n) is 3.86. The average Bonchev–Trinajstić information content (AvgIpc) is 2.63. The summed E-state index contributed by atoms with van der Waals surface area (Å²) in [4.78, 5) is 15.4. The van der Waals surface area contributed by atoms with Crippen molar-refractivity contribution in [1.82, 2.24) is 10.3 Å². The van der Waals surface area contributed by atoms with Crippen molar-refractivity contribution in [3.63, 3.8) is 0 Å². The van der Waals surface area contributed by atoms with Crippen molar-refractivity contribution in [3.8, 4) is 0 Å². The Kier molecular flexibility index (Phi) is 2.52. The summed E-state index contributed by atoms with van der Waals surface area (Å²) in [6.45, 7) is 4.20. The number of nitrogens with one attached hydrogen (secondary N) is 1. The molecular weight excluding hydrogens is 200 g/mol. The fourth-order valence-corrected chi connectivity index (χ4v) is 1.79. The van der Waals surface area contributed by atoms with E-state index in [1.54, 1.807) is 10.9 Å². The number of amides is 1. The predicted octanol–water partition coefficient (Wildman–Crippen LogP) is 0.909. The molecule has 1 aromatic rings. The van der Waals surface area contributed by atoms with E-state index in [2.05, 4.69) is 17.2 Å². The largest absolute Gasteiger partial charge is 0.380 e. The van der Waals surface area contributed by atoms with Gasteiger partial charge < -0.3 is 10.1 Å². The molecule has 2 rings (SSSR count). The van der Waals surface area contributed by atoms with Crippen LogP contribution in [0.5, 0.6) is 0 Å². The lowest BCUT2D eigenvalue weighted by atomic mass is 9.89. The van der Waals surface area contributed by atoms with Crippen molar-refractivity contribution in [2.75, 3.05) is 19.8 Å². The molecule has 14 heavy (non-hydrogen) atoms. The summed E-state index contributed by atoms with van der Waals surface area (Å²) in [5.41, 5.74) is 2.27. The number of hydrogen-bond acceptors (Lipinski definition) is 4. The van der Waals surface area contributed by atoms with Crippen LogP contribution in [0.15, 0.2) is 10.9 Å². The first-order valence-electron chi connectivity index (χ1n) is 4.44. The Labute approximate surface area is 86.3 Å². The Morgan fingerprint density at radius 3 is 3.07 bits per heavy atom. The zero-order valence-electron chi connectivity index (χ0n) is 7.95. The van der Waals surface area contributed by atoms with Gasteiger partial charge in [0, 0.05) is 17.3 Å². The van der Waals surface area contributed by atoms with E-state index >= 15 is 0 Å². The minimum atomic E-state index is -0.0978. The van der Waals surface area contributed by atoms with Crippen molar-refractivity contribution in [1.29, 1.82) is 0 Å². The van der Waals surface area contributed by atoms with Gasteiger partial charge in [0.2, 0.25) is 0 Å². The van der Waals surface area contributed by atoms with Gasteiger partial charge in [-0.1, -0.05) is 6.92 Å². The quantitative estimate of drug-likeness (QED) is 0.810. The van der Waals surface area contributed by atoms with Gasteiger partial charge in [0.25, 0.3) is 5.91 Å². The van der Waals surface area contributed by atoms with Crippen LogP contribution in [0, 0.1) is 5.41 Å². The molecular formula is C9H12N2O2S. The highest BCUT2D eigenvalue weighted by molar-refractivity contribution is 7.07. The first kappa shape index (κ1) is 9.61. The Balaban J connectivity index is 1.84. The highest BCUT2D eigenvalue weighted by Crippen LogP contribution is 2.25. The molecule has 76 valence electrons. The van der Waals surface area contributed by atoms with Crippen molar-refractivity contribution < 1.29 is 9.53 Å². The molecule has 0 aliphatic carbocycles. The maximum atomic E-state index is 11.5. The van der Waals surface area contributed by atoms with Crippen LogP contribution in [0.4, 0.5) is 0 Å². The van der Waals surface area contributed by atoms with E-state index in [-0.39, 0.29) is 11.3 Å². The zero-order chi connectivity index (χ0) is 10.0.